The van der Waals surface area contributed by atoms with Crippen molar-refractivity contribution in [3.8, 4) is 5.75 Å². The predicted molar refractivity (Wildman–Crippen MR) is 104 cm³/mol. The van der Waals surface area contributed by atoms with Gasteiger partial charge in [0.2, 0.25) is 0 Å². The highest BCUT2D eigenvalue weighted by atomic mass is 79.9. The molecule has 2 unspecified atom stereocenters. The molecule has 0 aliphatic carbocycles. The molecule has 0 radical (unpaired) electrons. The van der Waals surface area contributed by atoms with Crippen molar-refractivity contribution < 1.29 is 14.3 Å². The molecule has 0 aromatic heterocycles. The summed E-state index contributed by atoms with van der Waals surface area (Å²) in [5.74, 6) is 0.510. The first-order valence-corrected chi connectivity index (χ1v) is 9.25. The number of methoxy groups -OCH3 is 1. The minimum atomic E-state index is -0.639. The molecule has 1 heterocycles. The molecule has 1 aromatic rings. The topological polar surface area (TPSA) is 112 Å². The van der Waals surface area contributed by atoms with Crippen molar-refractivity contribution in [1.82, 2.24) is 5.32 Å². The Balaban J connectivity index is 2.09. The summed E-state index contributed by atoms with van der Waals surface area (Å²) in [4.78, 5) is 15.9. The van der Waals surface area contributed by atoms with Gasteiger partial charge in [0.05, 0.1) is 21.4 Å². The van der Waals surface area contributed by atoms with Crippen LogP contribution in [0.1, 0.15) is 12.0 Å². The maximum atomic E-state index is 12.1. The minimum absolute atomic E-state index is 0.00325. The molecular weight excluding hydrogens is 479 g/mol. The van der Waals surface area contributed by atoms with Crippen LogP contribution in [0.2, 0.25) is 0 Å². The Morgan fingerprint density at radius 1 is 1.48 bits per heavy atom. The summed E-state index contributed by atoms with van der Waals surface area (Å²) in [6, 6.07) is 3.63. The highest BCUT2D eigenvalue weighted by molar-refractivity contribution is 9.11. The summed E-state index contributed by atoms with van der Waals surface area (Å²) in [6.45, 7) is 0.351. The molecule has 10 heteroatoms. The van der Waals surface area contributed by atoms with E-state index in [0.29, 0.717) is 18.7 Å². The van der Waals surface area contributed by atoms with Gasteiger partial charge in [0.15, 0.2) is 17.9 Å². The third-order valence-electron chi connectivity index (χ3n) is 3.30. The van der Waals surface area contributed by atoms with Crippen molar-refractivity contribution in [3.05, 3.63) is 32.4 Å². The van der Waals surface area contributed by atoms with Crippen LogP contribution < -0.4 is 21.5 Å². The van der Waals surface area contributed by atoms with Crippen LogP contribution in [0.4, 0.5) is 0 Å². The van der Waals surface area contributed by atoms with Crippen LogP contribution >= 0.6 is 43.5 Å². The fourth-order valence-corrected chi connectivity index (χ4v) is 3.92. The quantitative estimate of drug-likeness (QED) is 0.242. The summed E-state index contributed by atoms with van der Waals surface area (Å²) in [6.07, 6.45) is 1.45. The lowest BCUT2D eigenvalue weighted by molar-refractivity contribution is -0.116. The van der Waals surface area contributed by atoms with Gasteiger partial charge in [-0.25, -0.2) is 0 Å². The van der Waals surface area contributed by atoms with Crippen molar-refractivity contribution >= 4 is 61.4 Å². The van der Waals surface area contributed by atoms with Gasteiger partial charge in [-0.1, -0.05) is 0 Å². The first-order chi connectivity index (χ1) is 11.8. The van der Waals surface area contributed by atoms with Crippen molar-refractivity contribution in [2.75, 3.05) is 13.7 Å². The van der Waals surface area contributed by atoms with Gasteiger partial charge in [0, 0.05) is 6.54 Å². The van der Waals surface area contributed by atoms with E-state index in [9.17, 15) is 4.79 Å². The van der Waals surface area contributed by atoms with E-state index in [1.165, 1.54) is 0 Å². The second kappa shape index (κ2) is 8.77. The van der Waals surface area contributed by atoms with Gasteiger partial charge in [-0.05, 0) is 62.1 Å². The first kappa shape index (κ1) is 19.9. The summed E-state index contributed by atoms with van der Waals surface area (Å²) < 4.78 is 12.4. The third kappa shape index (κ3) is 5.26. The molecule has 1 aliphatic heterocycles. The Labute approximate surface area is 167 Å². The van der Waals surface area contributed by atoms with E-state index < -0.39 is 11.6 Å². The number of guanidine groups is 1. The largest absolute Gasteiger partial charge is 0.494 e. The molecule has 0 saturated carbocycles. The molecule has 1 aliphatic rings. The van der Waals surface area contributed by atoms with Gasteiger partial charge >= 0.3 is 0 Å². The van der Waals surface area contributed by atoms with Crippen molar-refractivity contribution in [2.24, 2.45) is 16.5 Å². The van der Waals surface area contributed by atoms with Crippen LogP contribution in [0.3, 0.4) is 0 Å². The van der Waals surface area contributed by atoms with Crippen LogP contribution in [0, 0.1) is 0 Å². The molecule has 5 N–H and O–H groups in total. The average molecular weight is 497 g/mol. The van der Waals surface area contributed by atoms with Crippen LogP contribution in [0.15, 0.2) is 31.8 Å². The van der Waals surface area contributed by atoms with Crippen LogP contribution in [-0.2, 0) is 9.53 Å². The van der Waals surface area contributed by atoms with E-state index in [0.717, 1.165) is 14.5 Å². The fourth-order valence-electron chi connectivity index (χ4n) is 2.16. The molecule has 25 heavy (non-hydrogen) atoms. The molecule has 7 nitrogen and oxygen atoms in total. The number of hydrogen-bond donors (Lipinski definition) is 3. The summed E-state index contributed by atoms with van der Waals surface area (Å²) in [5, 5.41) is 2.23. The Morgan fingerprint density at radius 3 is 2.68 bits per heavy atom. The standard InChI is InChI=1S/C15H17Br2ClN4O3/c1-24-12-8(16)4-7(5-9(12)17)6-11-13(23)22-14(25-11)10(18)2-3-21-15(19)20/h4-6,10,14H,2-3H2,1H3,(H,22,23)(H4,19,20,21). The lowest BCUT2D eigenvalue weighted by Gasteiger charge is -2.15. The number of amides is 1. The molecule has 0 spiro atoms. The van der Waals surface area contributed by atoms with Crippen LogP contribution in [0.25, 0.3) is 6.08 Å². The first-order valence-electron chi connectivity index (χ1n) is 7.23. The average Bonchev–Trinajstić information content (AvgIpc) is 2.87. The molecule has 0 bridgehead atoms. The summed E-state index contributed by atoms with van der Waals surface area (Å²) >= 11 is 13.1. The maximum absolute atomic E-state index is 12.1. The number of nitrogens with two attached hydrogens (primary N) is 2. The lowest BCUT2D eigenvalue weighted by atomic mass is 10.2. The Morgan fingerprint density at radius 2 is 2.12 bits per heavy atom. The highest BCUT2D eigenvalue weighted by Gasteiger charge is 2.33. The van der Waals surface area contributed by atoms with Gasteiger partial charge in [0.25, 0.3) is 5.91 Å². The van der Waals surface area contributed by atoms with E-state index in [-0.39, 0.29) is 17.6 Å². The Hall–Kier alpha value is -1.45. The van der Waals surface area contributed by atoms with Crippen LogP contribution in [-0.4, -0.2) is 37.1 Å². The maximum Gasteiger partial charge on any atom is 0.289 e. The van der Waals surface area contributed by atoms with Crippen LogP contribution in [0.5, 0.6) is 5.75 Å². The number of carbonyl (C=O) groups excluding carboxylic acids is 1. The van der Waals surface area contributed by atoms with Gasteiger partial charge in [0.1, 0.15) is 5.75 Å². The summed E-state index contributed by atoms with van der Waals surface area (Å²) in [7, 11) is 1.57. The fraction of sp³-hybridized carbons (Fsp3) is 0.333. The molecular formula is C15H17Br2ClN4O3. The van der Waals surface area contributed by atoms with E-state index in [1.807, 2.05) is 12.1 Å². The van der Waals surface area contributed by atoms with Gasteiger partial charge < -0.3 is 26.3 Å². The number of nitrogens with zero attached hydrogens (tertiary/aromatic N) is 1. The van der Waals surface area contributed by atoms with Crippen molar-refractivity contribution in [1.29, 1.82) is 0 Å². The van der Waals surface area contributed by atoms with E-state index >= 15 is 0 Å². The Bertz CT molecular complexity index is 700. The van der Waals surface area contributed by atoms with E-state index in [2.05, 4.69) is 42.2 Å². The normalized spacial score (nSPS) is 19.3. The van der Waals surface area contributed by atoms with Gasteiger partial charge in [-0.3, -0.25) is 9.79 Å². The zero-order valence-electron chi connectivity index (χ0n) is 13.3. The number of rotatable bonds is 6. The lowest BCUT2D eigenvalue weighted by Crippen LogP contribution is -2.35. The molecule has 1 saturated heterocycles. The number of alkyl halides is 1. The van der Waals surface area contributed by atoms with Crippen molar-refractivity contribution in [2.45, 2.75) is 18.0 Å². The minimum Gasteiger partial charge on any atom is -0.494 e. The molecule has 2 atom stereocenters. The monoisotopic (exact) mass is 494 g/mol. The predicted octanol–water partition coefficient (Wildman–Crippen LogP) is 2.30. The molecule has 136 valence electrons. The number of halogens is 3. The number of benzene rings is 1. The van der Waals surface area contributed by atoms with Gasteiger partial charge in [-0.15, -0.1) is 11.6 Å². The molecule has 1 amide bonds. The Kier molecular flexibility index (Phi) is 6.97. The highest BCUT2D eigenvalue weighted by Crippen LogP contribution is 2.35. The van der Waals surface area contributed by atoms with E-state index in [4.69, 9.17) is 32.5 Å². The number of ether oxygens (including phenoxy) is 2. The SMILES string of the molecule is COc1c(Br)cc(C=C2OC(C(Cl)CCN=C(N)N)NC2=O)cc1Br. The van der Waals surface area contributed by atoms with Crippen molar-refractivity contribution in [3.63, 3.8) is 0 Å². The smallest absolute Gasteiger partial charge is 0.289 e. The second-order valence-corrected chi connectivity index (χ2v) is 7.42. The molecule has 2 rings (SSSR count). The zero-order chi connectivity index (χ0) is 18.6. The summed E-state index contributed by atoms with van der Waals surface area (Å²) in [5.41, 5.74) is 11.3. The molecule has 1 fully saturated rings. The number of hydrogen-bond acceptors (Lipinski definition) is 4. The number of nitrogens with one attached hydrogen (secondary N) is 1. The number of carbonyl (C=O) groups is 1. The van der Waals surface area contributed by atoms with Gasteiger partial charge in [-0.2, -0.15) is 0 Å². The zero-order valence-corrected chi connectivity index (χ0v) is 17.2. The third-order valence-corrected chi connectivity index (χ3v) is 4.93. The number of aliphatic imine (C=N–C) groups is 1. The van der Waals surface area contributed by atoms with E-state index in [1.54, 1.807) is 13.2 Å². The molecule has 1 aromatic carbocycles. The second-order valence-electron chi connectivity index (χ2n) is 5.15.